The van der Waals surface area contributed by atoms with Gasteiger partial charge in [-0.05, 0) is 19.1 Å². The SMILES string of the molecule is CC(O)C(N)c1nc(-c2ccc([N+](=O)[O-])cc2)no1. The van der Waals surface area contributed by atoms with E-state index >= 15 is 0 Å². The van der Waals surface area contributed by atoms with Crippen molar-refractivity contribution in [3.05, 3.63) is 40.3 Å². The van der Waals surface area contributed by atoms with Crippen LogP contribution in [0.4, 0.5) is 5.69 Å². The highest BCUT2D eigenvalue weighted by atomic mass is 16.6. The fourth-order valence-electron chi connectivity index (χ4n) is 1.43. The molecule has 8 nitrogen and oxygen atoms in total. The molecule has 0 amide bonds. The molecule has 1 aromatic carbocycles. The summed E-state index contributed by atoms with van der Waals surface area (Å²) in [6.07, 6.45) is -0.815. The zero-order valence-corrected chi connectivity index (χ0v) is 10.1. The molecular weight excluding hydrogens is 252 g/mol. The first kappa shape index (κ1) is 13.1. The smallest absolute Gasteiger partial charge is 0.269 e. The molecule has 2 unspecified atom stereocenters. The van der Waals surface area contributed by atoms with Crippen LogP contribution in [-0.4, -0.2) is 26.3 Å². The summed E-state index contributed by atoms with van der Waals surface area (Å²) >= 11 is 0. The van der Waals surface area contributed by atoms with E-state index in [2.05, 4.69) is 10.1 Å². The van der Waals surface area contributed by atoms with Gasteiger partial charge in [-0.2, -0.15) is 4.98 Å². The molecule has 2 rings (SSSR count). The third-order valence-corrected chi connectivity index (χ3v) is 2.58. The molecule has 0 fully saturated rings. The summed E-state index contributed by atoms with van der Waals surface area (Å²) in [6, 6.07) is 4.96. The Kier molecular flexibility index (Phi) is 3.54. The first-order chi connectivity index (χ1) is 8.99. The number of aliphatic hydroxyl groups excluding tert-OH is 1. The van der Waals surface area contributed by atoms with Crippen molar-refractivity contribution < 1.29 is 14.6 Å². The Bertz CT molecular complexity index is 579. The lowest BCUT2D eigenvalue weighted by molar-refractivity contribution is -0.384. The molecule has 1 aromatic heterocycles. The lowest BCUT2D eigenvalue weighted by Crippen LogP contribution is -2.23. The lowest BCUT2D eigenvalue weighted by Gasteiger charge is -2.08. The second-order valence-corrected chi connectivity index (χ2v) is 4.03. The van der Waals surface area contributed by atoms with Gasteiger partial charge in [0, 0.05) is 17.7 Å². The number of rotatable bonds is 4. The second kappa shape index (κ2) is 5.12. The van der Waals surface area contributed by atoms with Crippen LogP contribution in [0, 0.1) is 10.1 Å². The predicted molar refractivity (Wildman–Crippen MR) is 65.0 cm³/mol. The minimum Gasteiger partial charge on any atom is -0.391 e. The summed E-state index contributed by atoms with van der Waals surface area (Å²) in [4.78, 5) is 14.1. The van der Waals surface area contributed by atoms with Crippen molar-refractivity contribution in [1.82, 2.24) is 10.1 Å². The number of nitro benzene ring substituents is 1. The fraction of sp³-hybridized carbons (Fsp3) is 0.273. The van der Waals surface area contributed by atoms with Crippen LogP contribution in [0.2, 0.25) is 0 Å². The molecule has 1 heterocycles. The molecule has 0 saturated heterocycles. The summed E-state index contributed by atoms with van der Waals surface area (Å²) in [5, 5.41) is 23.6. The molecule has 0 aliphatic carbocycles. The minimum absolute atomic E-state index is 0.0202. The van der Waals surface area contributed by atoms with E-state index in [0.717, 1.165) is 0 Å². The lowest BCUT2D eigenvalue weighted by atomic mass is 10.2. The maximum atomic E-state index is 10.5. The molecule has 100 valence electrons. The van der Waals surface area contributed by atoms with Crippen molar-refractivity contribution in [3.8, 4) is 11.4 Å². The zero-order valence-electron chi connectivity index (χ0n) is 10.1. The van der Waals surface area contributed by atoms with Crippen LogP contribution in [0.1, 0.15) is 18.9 Å². The van der Waals surface area contributed by atoms with E-state index in [1.165, 1.54) is 31.2 Å². The Morgan fingerprint density at radius 2 is 2.05 bits per heavy atom. The number of nitro groups is 1. The van der Waals surface area contributed by atoms with Crippen LogP contribution in [0.25, 0.3) is 11.4 Å². The second-order valence-electron chi connectivity index (χ2n) is 4.03. The van der Waals surface area contributed by atoms with Gasteiger partial charge in [-0.25, -0.2) is 0 Å². The van der Waals surface area contributed by atoms with Gasteiger partial charge < -0.3 is 15.4 Å². The third kappa shape index (κ3) is 2.75. The molecule has 0 aliphatic heterocycles. The van der Waals surface area contributed by atoms with Gasteiger partial charge >= 0.3 is 0 Å². The largest absolute Gasteiger partial charge is 0.391 e. The Balaban J connectivity index is 2.25. The highest BCUT2D eigenvalue weighted by molar-refractivity contribution is 5.56. The number of aromatic nitrogens is 2. The molecule has 3 N–H and O–H groups in total. The van der Waals surface area contributed by atoms with Crippen LogP contribution < -0.4 is 5.73 Å². The number of aliphatic hydroxyl groups is 1. The van der Waals surface area contributed by atoms with Gasteiger partial charge in [-0.1, -0.05) is 5.16 Å². The third-order valence-electron chi connectivity index (χ3n) is 2.58. The number of nitrogens with two attached hydrogens (primary N) is 1. The van der Waals surface area contributed by atoms with Gasteiger partial charge in [0.2, 0.25) is 11.7 Å². The Hall–Kier alpha value is -2.32. The average Bonchev–Trinajstić information content (AvgIpc) is 2.87. The van der Waals surface area contributed by atoms with Crippen molar-refractivity contribution in [2.45, 2.75) is 19.1 Å². The molecule has 2 aromatic rings. The van der Waals surface area contributed by atoms with E-state index in [1.807, 2.05) is 0 Å². The standard InChI is InChI=1S/C11H12N4O4/c1-6(16)9(12)11-13-10(14-19-11)7-2-4-8(5-3-7)15(17)18/h2-6,9,16H,12H2,1H3. The van der Waals surface area contributed by atoms with Crippen molar-refractivity contribution in [3.63, 3.8) is 0 Å². The molecule has 8 heteroatoms. The van der Waals surface area contributed by atoms with Gasteiger partial charge in [0.15, 0.2) is 0 Å². The molecule has 0 spiro atoms. The first-order valence-electron chi connectivity index (χ1n) is 5.51. The number of non-ortho nitro benzene ring substituents is 1. The summed E-state index contributed by atoms with van der Waals surface area (Å²) < 4.78 is 4.94. The van der Waals surface area contributed by atoms with E-state index in [1.54, 1.807) is 0 Å². The van der Waals surface area contributed by atoms with Gasteiger partial charge in [-0.3, -0.25) is 10.1 Å². The molecule has 0 saturated carbocycles. The normalized spacial score (nSPS) is 14.1. The van der Waals surface area contributed by atoms with Gasteiger partial charge in [0.05, 0.1) is 11.0 Å². The molecule has 0 bridgehead atoms. The summed E-state index contributed by atoms with van der Waals surface area (Å²) in [5.74, 6) is 0.379. The van der Waals surface area contributed by atoms with Crippen molar-refractivity contribution >= 4 is 5.69 Å². The van der Waals surface area contributed by atoms with E-state index in [9.17, 15) is 15.2 Å². The Morgan fingerprint density at radius 1 is 1.42 bits per heavy atom. The van der Waals surface area contributed by atoms with E-state index in [0.29, 0.717) is 5.56 Å². The summed E-state index contributed by atoms with van der Waals surface area (Å²) in [7, 11) is 0. The zero-order chi connectivity index (χ0) is 14.0. The van der Waals surface area contributed by atoms with Crippen molar-refractivity contribution in [2.75, 3.05) is 0 Å². The van der Waals surface area contributed by atoms with Crippen molar-refractivity contribution in [1.29, 1.82) is 0 Å². The van der Waals surface area contributed by atoms with E-state index in [-0.39, 0.29) is 17.4 Å². The van der Waals surface area contributed by atoms with Gasteiger partial charge in [0.1, 0.15) is 6.04 Å². The Labute approximate surface area is 108 Å². The Morgan fingerprint density at radius 3 is 2.58 bits per heavy atom. The number of hydrogen-bond acceptors (Lipinski definition) is 7. The fourth-order valence-corrected chi connectivity index (χ4v) is 1.43. The molecule has 0 aliphatic rings. The maximum absolute atomic E-state index is 10.5. The van der Waals surface area contributed by atoms with Crippen LogP contribution in [-0.2, 0) is 0 Å². The van der Waals surface area contributed by atoms with Crippen molar-refractivity contribution in [2.24, 2.45) is 5.73 Å². The van der Waals surface area contributed by atoms with Gasteiger partial charge in [-0.15, -0.1) is 0 Å². The average molecular weight is 264 g/mol. The quantitative estimate of drug-likeness (QED) is 0.623. The van der Waals surface area contributed by atoms with Crippen LogP contribution in [0.15, 0.2) is 28.8 Å². The van der Waals surface area contributed by atoms with Crippen LogP contribution in [0.3, 0.4) is 0 Å². The monoisotopic (exact) mass is 264 g/mol. The first-order valence-corrected chi connectivity index (χ1v) is 5.51. The van der Waals surface area contributed by atoms with E-state index in [4.69, 9.17) is 10.3 Å². The molecule has 19 heavy (non-hydrogen) atoms. The predicted octanol–water partition coefficient (Wildman–Crippen LogP) is 1.03. The highest BCUT2D eigenvalue weighted by Crippen LogP contribution is 2.21. The molecular formula is C11H12N4O4. The van der Waals surface area contributed by atoms with Crippen LogP contribution >= 0.6 is 0 Å². The number of nitrogens with zero attached hydrogens (tertiary/aromatic N) is 3. The van der Waals surface area contributed by atoms with E-state index < -0.39 is 17.1 Å². The maximum Gasteiger partial charge on any atom is 0.269 e. The molecule has 2 atom stereocenters. The topological polar surface area (TPSA) is 128 Å². The van der Waals surface area contributed by atoms with Crippen LogP contribution in [0.5, 0.6) is 0 Å². The highest BCUT2D eigenvalue weighted by Gasteiger charge is 2.20. The minimum atomic E-state index is -0.815. The van der Waals surface area contributed by atoms with Gasteiger partial charge in [0.25, 0.3) is 5.69 Å². The number of benzene rings is 1. The summed E-state index contributed by atoms with van der Waals surface area (Å²) in [5.41, 5.74) is 6.21. The number of hydrogen-bond donors (Lipinski definition) is 2. The summed E-state index contributed by atoms with van der Waals surface area (Å²) in [6.45, 7) is 1.51. The molecule has 0 radical (unpaired) electrons.